The van der Waals surface area contributed by atoms with Crippen molar-refractivity contribution >= 4 is 5.91 Å². The molecule has 132 valence electrons. The number of hydrogen-bond acceptors (Lipinski definition) is 4. The molecule has 1 atom stereocenters. The SMILES string of the molecule is C[C@]1(Cc2ccc3c(c2)OCO3)CCC(=O)N(CCc2cnc[nH]2)C1. The molecule has 2 aliphatic rings. The second kappa shape index (κ2) is 6.43. The molecule has 2 aliphatic heterocycles. The van der Waals surface area contributed by atoms with Gasteiger partial charge in [0.2, 0.25) is 12.7 Å². The molecule has 6 heteroatoms. The fourth-order valence-corrected chi connectivity index (χ4v) is 3.76. The van der Waals surface area contributed by atoms with E-state index < -0.39 is 0 Å². The molecule has 3 heterocycles. The molecule has 0 bridgehead atoms. The van der Waals surface area contributed by atoms with Crippen molar-refractivity contribution in [3.8, 4) is 11.5 Å². The molecule has 6 nitrogen and oxygen atoms in total. The van der Waals surface area contributed by atoms with E-state index in [1.165, 1.54) is 5.56 Å². The molecule has 0 radical (unpaired) electrons. The van der Waals surface area contributed by atoms with Gasteiger partial charge in [-0.2, -0.15) is 0 Å². The number of carbonyl (C=O) groups excluding carboxylic acids is 1. The fourth-order valence-electron chi connectivity index (χ4n) is 3.76. The molecule has 0 saturated carbocycles. The number of benzene rings is 1. The number of amides is 1. The van der Waals surface area contributed by atoms with Crippen LogP contribution < -0.4 is 9.47 Å². The van der Waals surface area contributed by atoms with Crippen molar-refractivity contribution in [1.29, 1.82) is 0 Å². The fraction of sp³-hybridized carbons (Fsp3) is 0.474. The minimum Gasteiger partial charge on any atom is -0.454 e. The third-order valence-corrected chi connectivity index (χ3v) is 5.14. The summed E-state index contributed by atoms with van der Waals surface area (Å²) in [6, 6.07) is 6.15. The molecule has 1 fully saturated rings. The van der Waals surface area contributed by atoms with Crippen molar-refractivity contribution in [2.45, 2.75) is 32.6 Å². The Morgan fingerprint density at radius 3 is 3.04 bits per heavy atom. The maximum atomic E-state index is 12.3. The Morgan fingerprint density at radius 1 is 1.32 bits per heavy atom. The Labute approximate surface area is 147 Å². The summed E-state index contributed by atoms with van der Waals surface area (Å²) in [6.07, 6.45) is 6.77. The van der Waals surface area contributed by atoms with Crippen molar-refractivity contribution in [1.82, 2.24) is 14.9 Å². The molecule has 0 unspecified atom stereocenters. The maximum absolute atomic E-state index is 12.3. The Hall–Kier alpha value is -2.50. The summed E-state index contributed by atoms with van der Waals surface area (Å²) in [5.41, 5.74) is 2.38. The van der Waals surface area contributed by atoms with Crippen LogP contribution in [-0.4, -0.2) is 40.7 Å². The third-order valence-electron chi connectivity index (χ3n) is 5.14. The first-order chi connectivity index (χ1) is 12.1. The van der Waals surface area contributed by atoms with Gasteiger partial charge in [-0.05, 0) is 36.0 Å². The molecule has 1 saturated heterocycles. The third kappa shape index (κ3) is 3.48. The summed E-state index contributed by atoms with van der Waals surface area (Å²) in [7, 11) is 0. The van der Waals surface area contributed by atoms with E-state index in [1.54, 1.807) is 6.33 Å². The number of nitrogens with one attached hydrogen (secondary N) is 1. The number of likely N-dealkylation sites (tertiary alicyclic amines) is 1. The number of fused-ring (bicyclic) bond motifs is 1. The molecule has 0 aliphatic carbocycles. The Balaban J connectivity index is 1.42. The Morgan fingerprint density at radius 2 is 2.20 bits per heavy atom. The zero-order valence-electron chi connectivity index (χ0n) is 14.5. The number of carbonyl (C=O) groups is 1. The number of hydrogen-bond donors (Lipinski definition) is 1. The van der Waals surface area contributed by atoms with Crippen LogP contribution in [-0.2, 0) is 17.6 Å². The minimum absolute atomic E-state index is 0.0790. The topological polar surface area (TPSA) is 67.5 Å². The molecule has 0 spiro atoms. The number of nitrogens with zero attached hydrogens (tertiary/aromatic N) is 2. The lowest BCUT2D eigenvalue weighted by molar-refractivity contribution is -0.137. The standard InChI is InChI=1S/C19H23N3O3/c1-19(9-14-2-3-16-17(8-14)25-13-24-16)6-4-18(23)22(11-19)7-5-15-10-20-12-21-15/h2-3,8,10,12H,4-7,9,11,13H2,1H3,(H,20,21)/t19-/m1/s1. The van der Waals surface area contributed by atoms with Gasteiger partial charge in [0, 0.05) is 37.8 Å². The lowest BCUT2D eigenvalue weighted by atomic mass is 9.76. The van der Waals surface area contributed by atoms with E-state index in [0.717, 1.165) is 49.5 Å². The molecule has 1 N–H and O–H groups in total. The molecule has 1 amide bonds. The van der Waals surface area contributed by atoms with Crippen LogP contribution in [0.4, 0.5) is 0 Å². The van der Waals surface area contributed by atoms with Crippen LogP contribution in [0.2, 0.25) is 0 Å². The number of H-pyrrole nitrogens is 1. The van der Waals surface area contributed by atoms with Gasteiger partial charge in [0.05, 0.1) is 6.33 Å². The van der Waals surface area contributed by atoms with Crippen LogP contribution in [0.1, 0.15) is 31.0 Å². The van der Waals surface area contributed by atoms with Crippen LogP contribution in [0.15, 0.2) is 30.7 Å². The van der Waals surface area contributed by atoms with Gasteiger partial charge in [0.15, 0.2) is 11.5 Å². The normalized spacial score (nSPS) is 22.4. The largest absolute Gasteiger partial charge is 0.454 e. The number of piperidine rings is 1. The quantitative estimate of drug-likeness (QED) is 0.907. The maximum Gasteiger partial charge on any atom is 0.231 e. The lowest BCUT2D eigenvalue weighted by Gasteiger charge is -2.40. The first-order valence-corrected chi connectivity index (χ1v) is 8.75. The van der Waals surface area contributed by atoms with E-state index in [2.05, 4.69) is 29.0 Å². The van der Waals surface area contributed by atoms with Gasteiger partial charge in [-0.1, -0.05) is 13.0 Å². The molecule has 1 aromatic carbocycles. The van der Waals surface area contributed by atoms with Gasteiger partial charge in [0.1, 0.15) is 0 Å². The molecule has 2 aromatic rings. The van der Waals surface area contributed by atoms with Gasteiger partial charge in [-0.25, -0.2) is 4.98 Å². The zero-order valence-corrected chi connectivity index (χ0v) is 14.5. The predicted molar refractivity (Wildman–Crippen MR) is 92.5 cm³/mol. The zero-order chi connectivity index (χ0) is 17.3. The first kappa shape index (κ1) is 16.0. The van der Waals surface area contributed by atoms with Crippen molar-refractivity contribution in [3.05, 3.63) is 42.0 Å². The highest BCUT2D eigenvalue weighted by Crippen LogP contribution is 2.37. The van der Waals surface area contributed by atoms with Crippen LogP contribution in [0.5, 0.6) is 11.5 Å². The second-order valence-electron chi connectivity index (χ2n) is 7.32. The van der Waals surface area contributed by atoms with Crippen molar-refractivity contribution in [3.63, 3.8) is 0 Å². The number of aromatic nitrogens is 2. The van der Waals surface area contributed by atoms with E-state index in [0.29, 0.717) is 13.2 Å². The summed E-state index contributed by atoms with van der Waals surface area (Å²) < 4.78 is 10.9. The Kier molecular flexibility index (Phi) is 4.11. The molecule has 4 rings (SSSR count). The summed E-state index contributed by atoms with van der Waals surface area (Å²) >= 11 is 0. The molecule has 25 heavy (non-hydrogen) atoms. The van der Waals surface area contributed by atoms with Gasteiger partial charge in [0.25, 0.3) is 0 Å². The number of ether oxygens (including phenoxy) is 2. The average Bonchev–Trinajstić information content (AvgIpc) is 3.27. The summed E-state index contributed by atoms with van der Waals surface area (Å²) in [5.74, 6) is 1.89. The Bertz CT molecular complexity index is 759. The summed E-state index contributed by atoms with van der Waals surface area (Å²) in [4.78, 5) is 21.4. The molecular formula is C19H23N3O3. The minimum atomic E-state index is 0.0790. The van der Waals surface area contributed by atoms with Gasteiger partial charge in [-0.15, -0.1) is 0 Å². The highest BCUT2D eigenvalue weighted by Gasteiger charge is 2.35. The van der Waals surface area contributed by atoms with Crippen molar-refractivity contribution < 1.29 is 14.3 Å². The number of rotatable bonds is 5. The van der Waals surface area contributed by atoms with Crippen LogP contribution in [0, 0.1) is 5.41 Å². The van der Waals surface area contributed by atoms with Crippen molar-refractivity contribution in [2.75, 3.05) is 19.9 Å². The van der Waals surface area contributed by atoms with E-state index in [9.17, 15) is 4.79 Å². The molecule has 1 aromatic heterocycles. The van der Waals surface area contributed by atoms with E-state index >= 15 is 0 Å². The van der Waals surface area contributed by atoms with Gasteiger partial charge >= 0.3 is 0 Å². The van der Waals surface area contributed by atoms with E-state index in [-0.39, 0.29) is 11.3 Å². The first-order valence-electron chi connectivity index (χ1n) is 8.75. The monoisotopic (exact) mass is 341 g/mol. The highest BCUT2D eigenvalue weighted by molar-refractivity contribution is 5.77. The van der Waals surface area contributed by atoms with Crippen molar-refractivity contribution in [2.24, 2.45) is 5.41 Å². The average molecular weight is 341 g/mol. The van der Waals surface area contributed by atoms with E-state index in [1.807, 2.05) is 17.2 Å². The summed E-state index contributed by atoms with van der Waals surface area (Å²) in [6.45, 7) is 4.09. The van der Waals surface area contributed by atoms with Crippen LogP contribution in [0.3, 0.4) is 0 Å². The summed E-state index contributed by atoms with van der Waals surface area (Å²) in [5, 5.41) is 0. The van der Waals surface area contributed by atoms with E-state index in [4.69, 9.17) is 9.47 Å². The van der Waals surface area contributed by atoms with Crippen LogP contribution in [0.25, 0.3) is 0 Å². The van der Waals surface area contributed by atoms with Gasteiger partial charge < -0.3 is 19.4 Å². The highest BCUT2D eigenvalue weighted by atomic mass is 16.7. The van der Waals surface area contributed by atoms with Crippen LogP contribution >= 0.6 is 0 Å². The lowest BCUT2D eigenvalue weighted by Crippen LogP contribution is -2.46. The number of aromatic amines is 1. The smallest absolute Gasteiger partial charge is 0.231 e. The number of imidazole rings is 1. The predicted octanol–water partition coefficient (Wildman–Crippen LogP) is 2.55. The second-order valence-corrected chi connectivity index (χ2v) is 7.32. The molecular weight excluding hydrogens is 318 g/mol. The van der Waals surface area contributed by atoms with Gasteiger partial charge in [-0.3, -0.25) is 4.79 Å².